The minimum absolute atomic E-state index is 0.0799. The number of anilines is 3. The lowest BCUT2D eigenvalue weighted by atomic mass is 9.94. The number of hydrogen-bond acceptors (Lipinski definition) is 7. The molecule has 0 heterocycles. The molecule has 0 radical (unpaired) electrons. The lowest BCUT2D eigenvalue weighted by Gasteiger charge is -2.28. The zero-order chi connectivity index (χ0) is 30.8. The first-order chi connectivity index (χ1) is 20.8. The minimum atomic E-state index is -0.853. The first-order valence-corrected chi connectivity index (χ1v) is 14.0. The number of allylic oxidation sites excluding steroid dienone is 1. The fraction of sp³-hybridized carbons (Fsp3) is 0.206. The minimum Gasteiger partial charge on any atom is -0.507 e. The molecule has 2 atom stereocenters. The number of nitrogen functional groups attached to an aromatic ring is 1. The topological polar surface area (TPSA) is 140 Å². The van der Waals surface area contributed by atoms with Crippen molar-refractivity contribution in [2.75, 3.05) is 23.0 Å². The van der Waals surface area contributed by atoms with E-state index in [1.165, 1.54) is 13.0 Å². The molecule has 222 valence electrons. The number of phenolic OH excluding ortho intramolecular Hbond substituents is 1. The summed E-state index contributed by atoms with van der Waals surface area (Å²) in [6.07, 6.45) is 1.88. The number of para-hydroxylation sites is 2. The van der Waals surface area contributed by atoms with Crippen molar-refractivity contribution >= 4 is 45.6 Å². The molecule has 5 N–H and O–H groups in total. The maximum absolute atomic E-state index is 13.2. The van der Waals surface area contributed by atoms with Crippen molar-refractivity contribution in [1.82, 2.24) is 0 Å². The van der Waals surface area contributed by atoms with Gasteiger partial charge in [0.05, 0.1) is 17.5 Å². The molecule has 9 nitrogen and oxygen atoms in total. The van der Waals surface area contributed by atoms with Gasteiger partial charge in [-0.1, -0.05) is 48.5 Å². The fourth-order valence-electron chi connectivity index (χ4n) is 4.72. The Labute approximate surface area is 250 Å². The highest BCUT2D eigenvalue weighted by molar-refractivity contribution is 6.01. The van der Waals surface area contributed by atoms with Crippen molar-refractivity contribution in [3.8, 4) is 5.75 Å². The van der Waals surface area contributed by atoms with Gasteiger partial charge in [-0.2, -0.15) is 0 Å². The maximum Gasteiger partial charge on any atom is 0.412 e. The first kappa shape index (κ1) is 30.8. The maximum atomic E-state index is 13.2. The highest BCUT2D eigenvalue weighted by Gasteiger charge is 2.29. The summed E-state index contributed by atoms with van der Waals surface area (Å²) in [5.74, 6) is -0.295. The molecule has 43 heavy (non-hydrogen) atoms. The van der Waals surface area contributed by atoms with Gasteiger partial charge in [-0.25, -0.2) is 4.79 Å². The molecule has 0 spiro atoms. The number of fused-ring (bicyclic) bond motifs is 1. The number of carbonyl (C=O) groups excluding carboxylic acids is 3. The van der Waals surface area contributed by atoms with Crippen molar-refractivity contribution < 1.29 is 29.0 Å². The van der Waals surface area contributed by atoms with E-state index in [-0.39, 0.29) is 17.4 Å². The highest BCUT2D eigenvalue weighted by atomic mass is 16.6. The molecular weight excluding hydrogens is 546 g/mol. The number of nitrogens with two attached hydrogens (primary N) is 1. The van der Waals surface area contributed by atoms with Crippen molar-refractivity contribution in [2.24, 2.45) is 0 Å². The Morgan fingerprint density at radius 1 is 0.907 bits per heavy atom. The molecular formula is C34H35N3O6. The molecule has 0 saturated carbocycles. The van der Waals surface area contributed by atoms with Crippen LogP contribution in [0.3, 0.4) is 0 Å². The summed E-state index contributed by atoms with van der Waals surface area (Å²) in [5.41, 5.74) is 8.56. The number of phenols is 1. The third-order valence-corrected chi connectivity index (χ3v) is 6.84. The quantitative estimate of drug-likeness (QED) is 0.0802. The van der Waals surface area contributed by atoms with Gasteiger partial charge in [-0.15, -0.1) is 0 Å². The number of nitrogens with one attached hydrogen (secondary N) is 2. The predicted molar refractivity (Wildman–Crippen MR) is 168 cm³/mol. The first-order valence-electron chi connectivity index (χ1n) is 14.0. The normalized spacial score (nSPS) is 12.5. The van der Waals surface area contributed by atoms with Gasteiger partial charge in [-0.3, -0.25) is 14.9 Å². The van der Waals surface area contributed by atoms with E-state index < -0.39 is 18.3 Å². The van der Waals surface area contributed by atoms with Gasteiger partial charge in [0.15, 0.2) is 11.9 Å². The van der Waals surface area contributed by atoms with Crippen LogP contribution < -0.4 is 16.4 Å². The van der Waals surface area contributed by atoms with E-state index >= 15 is 0 Å². The largest absolute Gasteiger partial charge is 0.507 e. The number of ether oxygens (including phenoxy) is 2. The molecule has 2 amide bonds. The van der Waals surface area contributed by atoms with Gasteiger partial charge < -0.3 is 25.6 Å². The summed E-state index contributed by atoms with van der Waals surface area (Å²) < 4.78 is 12.1. The second kappa shape index (κ2) is 14.7. The van der Waals surface area contributed by atoms with Crippen LogP contribution >= 0.6 is 0 Å². The lowest BCUT2D eigenvalue weighted by Crippen LogP contribution is -2.29. The summed E-state index contributed by atoms with van der Waals surface area (Å²) in [6, 6.07) is 24.1. The van der Waals surface area contributed by atoms with E-state index in [9.17, 15) is 19.5 Å². The van der Waals surface area contributed by atoms with Gasteiger partial charge in [0, 0.05) is 28.8 Å². The molecule has 4 aromatic rings. The second-order valence-corrected chi connectivity index (χ2v) is 9.85. The SMILES string of the molecule is CCO[C@@H](CC/C=C/C(=O)Nc1ccccc1N)[C@@H](OC(=O)Nc1ccc(C(C)=O)cc1)c1ccc(O)c2ccccc12. The third kappa shape index (κ3) is 8.21. The van der Waals surface area contributed by atoms with Gasteiger partial charge in [0.25, 0.3) is 0 Å². The zero-order valence-corrected chi connectivity index (χ0v) is 24.1. The number of rotatable bonds is 12. The van der Waals surface area contributed by atoms with Gasteiger partial charge in [0.1, 0.15) is 5.75 Å². The molecule has 0 unspecified atom stereocenters. The Balaban J connectivity index is 1.55. The van der Waals surface area contributed by atoms with Crippen LogP contribution in [0.2, 0.25) is 0 Å². The predicted octanol–water partition coefficient (Wildman–Crippen LogP) is 7.00. The van der Waals surface area contributed by atoms with Crippen molar-refractivity contribution in [3.05, 3.63) is 108 Å². The van der Waals surface area contributed by atoms with E-state index in [0.717, 1.165) is 0 Å². The van der Waals surface area contributed by atoms with Crippen LogP contribution in [0.4, 0.5) is 21.9 Å². The van der Waals surface area contributed by atoms with Crippen LogP contribution in [0, 0.1) is 0 Å². The fourth-order valence-corrected chi connectivity index (χ4v) is 4.72. The van der Waals surface area contributed by atoms with E-state index in [1.54, 1.807) is 72.8 Å². The van der Waals surface area contributed by atoms with Crippen molar-refractivity contribution in [3.63, 3.8) is 0 Å². The number of amides is 2. The van der Waals surface area contributed by atoms with Gasteiger partial charge >= 0.3 is 6.09 Å². The average Bonchev–Trinajstić information content (AvgIpc) is 2.99. The molecule has 0 bridgehead atoms. The van der Waals surface area contributed by atoms with Gasteiger partial charge in [-0.05, 0) is 80.6 Å². The average molecular weight is 582 g/mol. The van der Waals surface area contributed by atoms with E-state index in [0.29, 0.717) is 58.4 Å². The monoisotopic (exact) mass is 581 g/mol. The number of ketones is 1. The number of benzene rings is 4. The second-order valence-electron chi connectivity index (χ2n) is 9.85. The van der Waals surface area contributed by atoms with E-state index in [1.807, 2.05) is 25.1 Å². The van der Waals surface area contributed by atoms with Crippen LogP contribution in [-0.2, 0) is 14.3 Å². The summed E-state index contributed by atoms with van der Waals surface area (Å²) in [6.45, 7) is 3.67. The standard InChI is InChI=1S/C34H35N3O6/c1-3-42-31(14-8-9-15-32(40)37-29-13-7-6-12-28(29)35)33(27-20-21-30(39)26-11-5-4-10-25(26)27)43-34(41)36-24-18-16-23(17-19-24)22(2)38/h4-7,9-13,15-21,31,33,39H,3,8,14,35H2,1-2H3,(H,36,41)(H,37,40)/b15-9+/t31-,33-/m0/s1. The summed E-state index contributed by atoms with van der Waals surface area (Å²) in [5, 5.41) is 17.3. The Kier molecular flexibility index (Phi) is 10.5. The zero-order valence-electron chi connectivity index (χ0n) is 24.1. The molecule has 0 aromatic heterocycles. The molecule has 0 aliphatic heterocycles. The Morgan fingerprint density at radius 2 is 1.60 bits per heavy atom. The van der Waals surface area contributed by atoms with Crippen LogP contribution in [0.25, 0.3) is 10.8 Å². The molecule has 9 heteroatoms. The number of hydrogen-bond donors (Lipinski definition) is 4. The third-order valence-electron chi connectivity index (χ3n) is 6.84. The summed E-state index contributed by atoms with van der Waals surface area (Å²) in [7, 11) is 0. The van der Waals surface area contributed by atoms with Crippen LogP contribution in [0.1, 0.15) is 48.7 Å². The van der Waals surface area contributed by atoms with E-state index in [4.69, 9.17) is 15.2 Å². The lowest BCUT2D eigenvalue weighted by molar-refractivity contribution is -0.111. The Morgan fingerprint density at radius 3 is 2.30 bits per heavy atom. The number of carbonyl (C=O) groups is 3. The number of aromatic hydroxyl groups is 1. The van der Waals surface area contributed by atoms with Gasteiger partial charge in [0.2, 0.25) is 5.91 Å². The number of Topliss-reactive ketones (excluding diaryl/α,β-unsaturated/α-hetero) is 1. The van der Waals surface area contributed by atoms with Crippen LogP contribution in [-0.4, -0.2) is 35.6 Å². The van der Waals surface area contributed by atoms with Crippen LogP contribution in [0.5, 0.6) is 5.75 Å². The molecule has 4 rings (SSSR count). The van der Waals surface area contributed by atoms with Crippen molar-refractivity contribution in [2.45, 2.75) is 38.9 Å². The molecule has 0 aliphatic carbocycles. The Bertz CT molecular complexity index is 1620. The summed E-state index contributed by atoms with van der Waals surface area (Å²) >= 11 is 0. The van der Waals surface area contributed by atoms with Crippen molar-refractivity contribution in [1.29, 1.82) is 0 Å². The smallest absolute Gasteiger partial charge is 0.412 e. The molecule has 0 saturated heterocycles. The molecule has 4 aromatic carbocycles. The van der Waals surface area contributed by atoms with E-state index in [2.05, 4.69) is 10.6 Å². The highest BCUT2D eigenvalue weighted by Crippen LogP contribution is 2.36. The van der Waals surface area contributed by atoms with Crippen LogP contribution in [0.15, 0.2) is 97.1 Å². The molecule has 0 fully saturated rings. The Hall–Kier alpha value is -5.15. The molecule has 0 aliphatic rings. The summed E-state index contributed by atoms with van der Waals surface area (Å²) in [4.78, 5) is 37.2.